The second-order valence-electron chi connectivity index (χ2n) is 5.67. The molecule has 0 heterocycles. The highest BCUT2D eigenvalue weighted by Crippen LogP contribution is 2.30. The van der Waals surface area contributed by atoms with Crippen LogP contribution in [0.15, 0.2) is 42.5 Å². The molecule has 9 nitrogen and oxygen atoms in total. The van der Waals surface area contributed by atoms with E-state index in [1.165, 1.54) is 36.3 Å². The molecule has 0 fully saturated rings. The maximum Gasteiger partial charge on any atom is 0.271 e. The van der Waals surface area contributed by atoms with Gasteiger partial charge in [0.05, 0.1) is 23.3 Å². The fraction of sp³-hybridized carbons (Fsp3) is 0.222. The molecular weight excluding hydrogens is 354 g/mol. The SMILES string of the molecule is COc1ccc([N+](=O)[O-])cc1NC(=O)c1ccccc1OCC(=O)N(C)C. The Morgan fingerprint density at radius 1 is 1.15 bits per heavy atom. The summed E-state index contributed by atoms with van der Waals surface area (Å²) >= 11 is 0. The van der Waals surface area contributed by atoms with Crippen LogP contribution in [-0.2, 0) is 4.79 Å². The van der Waals surface area contributed by atoms with E-state index in [-0.39, 0.29) is 41.0 Å². The molecule has 0 aliphatic rings. The average Bonchev–Trinajstić information content (AvgIpc) is 2.65. The third-order valence-corrected chi connectivity index (χ3v) is 3.62. The van der Waals surface area contributed by atoms with Crippen molar-refractivity contribution < 1.29 is 24.0 Å². The molecule has 142 valence electrons. The number of carbonyl (C=O) groups is 2. The van der Waals surface area contributed by atoms with Gasteiger partial charge >= 0.3 is 0 Å². The molecule has 27 heavy (non-hydrogen) atoms. The molecule has 2 rings (SSSR count). The number of nitro benzene ring substituents is 1. The Morgan fingerprint density at radius 2 is 1.85 bits per heavy atom. The molecule has 0 aromatic heterocycles. The number of nitro groups is 1. The topological polar surface area (TPSA) is 111 Å². The molecule has 9 heteroatoms. The number of rotatable bonds is 7. The number of nitrogens with one attached hydrogen (secondary N) is 1. The van der Waals surface area contributed by atoms with Crippen LogP contribution < -0.4 is 14.8 Å². The lowest BCUT2D eigenvalue weighted by molar-refractivity contribution is -0.384. The summed E-state index contributed by atoms with van der Waals surface area (Å²) in [5, 5.41) is 13.5. The van der Waals surface area contributed by atoms with Gasteiger partial charge in [-0.15, -0.1) is 0 Å². The zero-order valence-corrected chi connectivity index (χ0v) is 15.1. The molecule has 0 radical (unpaired) electrons. The Bertz CT molecular complexity index is 866. The van der Waals surface area contributed by atoms with Gasteiger partial charge in [-0.25, -0.2) is 0 Å². The zero-order valence-electron chi connectivity index (χ0n) is 15.1. The number of amides is 2. The van der Waals surface area contributed by atoms with E-state index in [1.807, 2.05) is 0 Å². The molecule has 1 N–H and O–H groups in total. The fourth-order valence-electron chi connectivity index (χ4n) is 2.15. The number of benzene rings is 2. The van der Waals surface area contributed by atoms with Crippen LogP contribution in [0.5, 0.6) is 11.5 Å². The smallest absolute Gasteiger partial charge is 0.271 e. The molecule has 0 unspecified atom stereocenters. The molecule has 0 atom stereocenters. The van der Waals surface area contributed by atoms with Gasteiger partial charge < -0.3 is 19.7 Å². The number of methoxy groups -OCH3 is 1. The summed E-state index contributed by atoms with van der Waals surface area (Å²) in [7, 11) is 4.58. The first-order valence-electron chi connectivity index (χ1n) is 7.89. The highest BCUT2D eigenvalue weighted by molar-refractivity contribution is 6.07. The lowest BCUT2D eigenvalue weighted by Crippen LogP contribution is -2.28. The summed E-state index contributed by atoms with van der Waals surface area (Å²) in [4.78, 5) is 36.1. The second-order valence-corrected chi connectivity index (χ2v) is 5.67. The van der Waals surface area contributed by atoms with E-state index in [9.17, 15) is 19.7 Å². The molecular formula is C18H19N3O6. The van der Waals surface area contributed by atoms with Crippen LogP contribution in [-0.4, -0.2) is 49.4 Å². The summed E-state index contributed by atoms with van der Waals surface area (Å²) in [5.41, 5.74) is 0.140. The summed E-state index contributed by atoms with van der Waals surface area (Å²) in [5.74, 6) is -0.322. The molecule has 2 aromatic rings. The molecule has 2 aromatic carbocycles. The average molecular weight is 373 g/mol. The summed E-state index contributed by atoms with van der Waals surface area (Å²) < 4.78 is 10.6. The Hall–Kier alpha value is -3.62. The van der Waals surface area contributed by atoms with Crippen LogP contribution in [0.1, 0.15) is 10.4 Å². The van der Waals surface area contributed by atoms with Crippen molar-refractivity contribution in [3.8, 4) is 11.5 Å². The molecule has 0 spiro atoms. The number of ether oxygens (including phenoxy) is 2. The van der Waals surface area contributed by atoms with E-state index >= 15 is 0 Å². The molecule has 0 bridgehead atoms. The summed E-state index contributed by atoms with van der Waals surface area (Å²) in [6.07, 6.45) is 0. The normalized spacial score (nSPS) is 10.0. The minimum Gasteiger partial charge on any atom is -0.495 e. The number of para-hydroxylation sites is 1. The maximum absolute atomic E-state index is 12.7. The zero-order chi connectivity index (χ0) is 20.0. The predicted octanol–water partition coefficient (Wildman–Crippen LogP) is 2.32. The fourth-order valence-corrected chi connectivity index (χ4v) is 2.15. The summed E-state index contributed by atoms with van der Waals surface area (Å²) in [6, 6.07) is 10.3. The molecule has 0 aliphatic carbocycles. The molecule has 0 saturated heterocycles. The van der Waals surface area contributed by atoms with Crippen molar-refractivity contribution in [3.63, 3.8) is 0 Å². The van der Waals surface area contributed by atoms with Crippen molar-refractivity contribution >= 4 is 23.2 Å². The van der Waals surface area contributed by atoms with E-state index in [1.54, 1.807) is 32.3 Å². The number of likely N-dealkylation sites (N-methyl/N-ethyl adjacent to an activating group) is 1. The number of hydrogen-bond donors (Lipinski definition) is 1. The van der Waals surface area contributed by atoms with Gasteiger partial charge in [-0.3, -0.25) is 19.7 Å². The van der Waals surface area contributed by atoms with Crippen molar-refractivity contribution in [1.29, 1.82) is 0 Å². The standard InChI is InChI=1S/C18H19N3O6/c1-20(2)17(22)11-27-15-7-5-4-6-13(15)18(23)19-14-10-12(21(24)25)8-9-16(14)26-3/h4-10H,11H2,1-3H3,(H,19,23). The van der Waals surface area contributed by atoms with Gasteiger partial charge in [-0.05, 0) is 18.2 Å². The minimum absolute atomic E-state index is 0.149. The maximum atomic E-state index is 12.7. The van der Waals surface area contributed by atoms with Crippen LogP contribution in [0.25, 0.3) is 0 Å². The first-order valence-corrected chi connectivity index (χ1v) is 7.89. The van der Waals surface area contributed by atoms with Crippen LogP contribution in [0.2, 0.25) is 0 Å². The number of non-ortho nitro benzene ring substituents is 1. The molecule has 0 saturated carbocycles. The van der Waals surface area contributed by atoms with Crippen molar-refractivity contribution in [1.82, 2.24) is 4.90 Å². The van der Waals surface area contributed by atoms with Gasteiger partial charge in [0.2, 0.25) is 0 Å². The highest BCUT2D eigenvalue weighted by atomic mass is 16.6. The Labute approximate surface area is 155 Å². The van der Waals surface area contributed by atoms with E-state index in [4.69, 9.17) is 9.47 Å². The highest BCUT2D eigenvalue weighted by Gasteiger charge is 2.18. The van der Waals surface area contributed by atoms with Gasteiger partial charge in [-0.2, -0.15) is 0 Å². The van der Waals surface area contributed by atoms with E-state index in [0.717, 1.165) is 0 Å². The Morgan fingerprint density at radius 3 is 2.48 bits per heavy atom. The molecule has 0 aliphatic heterocycles. The number of carbonyl (C=O) groups excluding carboxylic acids is 2. The van der Waals surface area contributed by atoms with E-state index < -0.39 is 10.8 Å². The first kappa shape index (κ1) is 19.7. The lowest BCUT2D eigenvalue weighted by Gasteiger charge is -2.14. The van der Waals surface area contributed by atoms with E-state index in [0.29, 0.717) is 0 Å². The van der Waals surface area contributed by atoms with Gasteiger partial charge in [-0.1, -0.05) is 12.1 Å². The van der Waals surface area contributed by atoms with Crippen LogP contribution in [0.3, 0.4) is 0 Å². The number of anilines is 1. The first-order chi connectivity index (χ1) is 12.8. The Kier molecular flexibility index (Phi) is 6.32. The monoisotopic (exact) mass is 373 g/mol. The van der Waals surface area contributed by atoms with Crippen LogP contribution >= 0.6 is 0 Å². The van der Waals surface area contributed by atoms with Crippen LogP contribution in [0, 0.1) is 10.1 Å². The summed E-state index contributed by atoms with van der Waals surface area (Å²) in [6.45, 7) is -0.225. The molecule has 2 amide bonds. The van der Waals surface area contributed by atoms with Crippen molar-refractivity contribution in [3.05, 3.63) is 58.1 Å². The quantitative estimate of drug-likeness (QED) is 0.589. The van der Waals surface area contributed by atoms with Crippen molar-refractivity contribution in [2.24, 2.45) is 0 Å². The number of nitrogens with zero attached hydrogens (tertiary/aromatic N) is 2. The number of hydrogen-bond acceptors (Lipinski definition) is 6. The van der Waals surface area contributed by atoms with E-state index in [2.05, 4.69) is 5.32 Å². The van der Waals surface area contributed by atoms with Gasteiger partial charge in [0.25, 0.3) is 17.5 Å². The minimum atomic E-state index is -0.570. The third kappa shape index (κ3) is 4.94. The van der Waals surface area contributed by atoms with Crippen molar-refractivity contribution in [2.75, 3.05) is 33.1 Å². The largest absolute Gasteiger partial charge is 0.495 e. The lowest BCUT2D eigenvalue weighted by atomic mass is 10.1. The van der Waals surface area contributed by atoms with Gasteiger partial charge in [0.1, 0.15) is 11.5 Å². The Balaban J connectivity index is 2.25. The third-order valence-electron chi connectivity index (χ3n) is 3.62. The van der Waals surface area contributed by atoms with Gasteiger partial charge in [0.15, 0.2) is 6.61 Å². The van der Waals surface area contributed by atoms with Crippen LogP contribution in [0.4, 0.5) is 11.4 Å². The second kappa shape index (κ2) is 8.65. The predicted molar refractivity (Wildman–Crippen MR) is 98.2 cm³/mol. The van der Waals surface area contributed by atoms with Crippen molar-refractivity contribution in [2.45, 2.75) is 0 Å². The van der Waals surface area contributed by atoms with Gasteiger partial charge in [0, 0.05) is 26.2 Å².